The number of aliphatic hydroxyl groups is 4. The molecule has 1 aliphatic rings. The lowest BCUT2D eigenvalue weighted by molar-refractivity contribution is -0.169. The van der Waals surface area contributed by atoms with Gasteiger partial charge in [-0.3, -0.25) is 4.79 Å². The lowest BCUT2D eigenvalue weighted by Gasteiger charge is -2.27. The largest absolute Gasteiger partial charge is 0.479 e. The summed E-state index contributed by atoms with van der Waals surface area (Å²) < 4.78 is 0. The first-order valence-electron chi connectivity index (χ1n) is 7.98. The molecule has 0 saturated carbocycles. The number of hydrogen-bond donors (Lipinski definition) is 5. The Hall–Kier alpha value is -2.40. The molecule has 0 aliphatic carbocycles. The molecule has 10 heteroatoms. The zero-order valence-corrected chi connectivity index (χ0v) is 13.8. The van der Waals surface area contributed by atoms with Gasteiger partial charge in [-0.2, -0.15) is 0 Å². The number of carboxylic acids is 1. The molecule has 1 aliphatic heterocycles. The fraction of sp³-hybridized carbons (Fsp3) is 0.500. The van der Waals surface area contributed by atoms with Crippen molar-refractivity contribution in [2.24, 2.45) is 5.92 Å². The second-order valence-corrected chi connectivity index (χ2v) is 6.07. The third kappa shape index (κ3) is 4.82. The lowest BCUT2D eigenvalue weighted by Crippen LogP contribution is -2.53. The van der Waals surface area contributed by atoms with Crippen LogP contribution in [-0.2, 0) is 9.59 Å². The van der Waals surface area contributed by atoms with Crippen molar-refractivity contribution in [3.05, 3.63) is 30.4 Å². The van der Waals surface area contributed by atoms with Crippen LogP contribution in [0.15, 0.2) is 24.8 Å². The standard InChI is InChI=1S/C16H21N3O7/c20-11(12(21)14(23)16(25)26)13(22)15(24)19-4-3-9(7-19)1-2-10-5-17-8-18-6-10/h1-2,5-6,8-9,11-14,20-23H,3-4,7H2,(H,25,26)/t9-,11?,12?,13?,14?/m0/s1. The molecule has 1 aromatic heterocycles. The molecule has 1 saturated heterocycles. The summed E-state index contributed by atoms with van der Waals surface area (Å²) in [5.74, 6) is -2.58. The minimum Gasteiger partial charge on any atom is -0.479 e. The van der Waals surface area contributed by atoms with E-state index in [0.29, 0.717) is 19.5 Å². The molecule has 1 amide bonds. The summed E-state index contributed by atoms with van der Waals surface area (Å²) in [4.78, 5) is 31.9. The summed E-state index contributed by atoms with van der Waals surface area (Å²) in [6, 6.07) is 0. The van der Waals surface area contributed by atoms with Crippen molar-refractivity contribution in [2.45, 2.75) is 30.8 Å². The number of aromatic nitrogens is 2. The van der Waals surface area contributed by atoms with Crippen LogP contribution in [0.1, 0.15) is 12.0 Å². The predicted molar refractivity (Wildman–Crippen MR) is 87.4 cm³/mol. The molecule has 2 rings (SSSR count). The number of carbonyl (C=O) groups excluding carboxylic acids is 1. The number of rotatable bonds is 7. The maximum Gasteiger partial charge on any atom is 0.335 e. The SMILES string of the molecule is O=C(O)C(O)C(O)C(O)C(O)C(=O)N1CC[C@H](C=Cc2cncnc2)C1. The van der Waals surface area contributed by atoms with E-state index in [0.717, 1.165) is 5.56 Å². The first kappa shape index (κ1) is 19.9. The fourth-order valence-electron chi connectivity index (χ4n) is 2.64. The lowest BCUT2D eigenvalue weighted by atomic mass is 10.0. The monoisotopic (exact) mass is 367 g/mol. The van der Waals surface area contributed by atoms with Gasteiger partial charge in [0.25, 0.3) is 5.91 Å². The molecule has 1 fully saturated rings. The second kappa shape index (κ2) is 8.81. The molecule has 0 aromatic carbocycles. The Kier molecular flexibility index (Phi) is 6.75. The van der Waals surface area contributed by atoms with Crippen molar-refractivity contribution in [1.29, 1.82) is 0 Å². The van der Waals surface area contributed by atoms with Gasteiger partial charge in [0.2, 0.25) is 0 Å². The molecular formula is C16H21N3O7. The van der Waals surface area contributed by atoms with Crippen molar-refractivity contribution >= 4 is 18.0 Å². The number of nitrogens with zero attached hydrogens (tertiary/aromatic N) is 3. The van der Waals surface area contributed by atoms with Gasteiger partial charge in [0.15, 0.2) is 12.2 Å². The highest BCUT2D eigenvalue weighted by Crippen LogP contribution is 2.20. The Morgan fingerprint density at radius 2 is 1.73 bits per heavy atom. The highest BCUT2D eigenvalue weighted by molar-refractivity contribution is 5.82. The Labute approximate surface area is 149 Å². The van der Waals surface area contributed by atoms with Crippen LogP contribution in [0, 0.1) is 5.92 Å². The molecule has 0 spiro atoms. The van der Waals surface area contributed by atoms with E-state index in [1.54, 1.807) is 12.4 Å². The van der Waals surface area contributed by atoms with Gasteiger partial charge in [0.05, 0.1) is 0 Å². The normalized spacial score (nSPS) is 22.2. The van der Waals surface area contributed by atoms with Gasteiger partial charge in [0.1, 0.15) is 18.5 Å². The fourth-order valence-corrected chi connectivity index (χ4v) is 2.64. The molecule has 26 heavy (non-hydrogen) atoms. The summed E-state index contributed by atoms with van der Waals surface area (Å²) in [5.41, 5.74) is 0.804. The Bertz CT molecular complexity index is 655. The number of aliphatic carboxylic acids is 1. The van der Waals surface area contributed by atoms with Crippen LogP contribution in [0.4, 0.5) is 0 Å². The molecule has 10 nitrogen and oxygen atoms in total. The number of carbonyl (C=O) groups is 2. The van der Waals surface area contributed by atoms with E-state index >= 15 is 0 Å². The zero-order chi connectivity index (χ0) is 19.3. The van der Waals surface area contributed by atoms with Crippen molar-refractivity contribution in [3.63, 3.8) is 0 Å². The number of amides is 1. The minimum absolute atomic E-state index is 0.0260. The van der Waals surface area contributed by atoms with Gasteiger partial charge in [-0.05, 0) is 12.3 Å². The zero-order valence-electron chi connectivity index (χ0n) is 13.8. The summed E-state index contributed by atoms with van der Waals surface area (Å²) in [7, 11) is 0. The van der Waals surface area contributed by atoms with Crippen LogP contribution in [0.3, 0.4) is 0 Å². The quantitative estimate of drug-likeness (QED) is 0.362. The van der Waals surface area contributed by atoms with E-state index in [4.69, 9.17) is 5.11 Å². The van der Waals surface area contributed by atoms with E-state index in [1.165, 1.54) is 11.2 Å². The molecule has 0 bridgehead atoms. The van der Waals surface area contributed by atoms with Crippen LogP contribution >= 0.6 is 0 Å². The highest BCUT2D eigenvalue weighted by Gasteiger charge is 2.40. The number of hydrogen-bond acceptors (Lipinski definition) is 8. The van der Waals surface area contributed by atoms with E-state index in [9.17, 15) is 30.0 Å². The summed E-state index contributed by atoms with van der Waals surface area (Å²) in [6.07, 6.45) is 0.364. The average Bonchev–Trinajstić information content (AvgIpc) is 3.13. The Balaban J connectivity index is 1.91. The van der Waals surface area contributed by atoms with Gasteiger partial charge < -0.3 is 30.4 Å². The van der Waals surface area contributed by atoms with Crippen molar-refractivity contribution in [1.82, 2.24) is 14.9 Å². The van der Waals surface area contributed by atoms with Crippen molar-refractivity contribution in [2.75, 3.05) is 13.1 Å². The topological polar surface area (TPSA) is 164 Å². The number of carboxylic acid groups (broad SMARTS) is 1. The highest BCUT2D eigenvalue weighted by atomic mass is 16.4. The molecule has 0 radical (unpaired) electrons. The minimum atomic E-state index is -2.31. The predicted octanol–water partition coefficient (Wildman–Crippen LogP) is -2.13. The van der Waals surface area contributed by atoms with Crippen LogP contribution in [0.25, 0.3) is 6.08 Å². The first-order valence-corrected chi connectivity index (χ1v) is 7.98. The Morgan fingerprint density at radius 3 is 2.35 bits per heavy atom. The number of aliphatic hydroxyl groups excluding tert-OH is 4. The molecule has 5 N–H and O–H groups in total. The summed E-state index contributed by atoms with van der Waals surface area (Å²) in [5, 5.41) is 47.0. The molecule has 142 valence electrons. The summed E-state index contributed by atoms with van der Waals surface area (Å²) >= 11 is 0. The van der Waals surface area contributed by atoms with Crippen LogP contribution < -0.4 is 0 Å². The van der Waals surface area contributed by atoms with E-state index < -0.39 is 36.3 Å². The van der Waals surface area contributed by atoms with Gasteiger partial charge in [-0.15, -0.1) is 0 Å². The van der Waals surface area contributed by atoms with E-state index in [1.807, 2.05) is 12.2 Å². The average molecular weight is 367 g/mol. The molecule has 2 heterocycles. The first-order chi connectivity index (χ1) is 12.3. The van der Waals surface area contributed by atoms with Gasteiger partial charge in [-0.25, -0.2) is 14.8 Å². The third-order valence-corrected chi connectivity index (χ3v) is 4.18. The van der Waals surface area contributed by atoms with Gasteiger partial charge in [0, 0.05) is 31.0 Å². The second-order valence-electron chi connectivity index (χ2n) is 6.07. The van der Waals surface area contributed by atoms with Crippen molar-refractivity contribution < 1.29 is 35.1 Å². The molecule has 4 unspecified atom stereocenters. The van der Waals surface area contributed by atoms with E-state index in [-0.39, 0.29) is 5.92 Å². The molecular weight excluding hydrogens is 346 g/mol. The maximum absolute atomic E-state index is 12.2. The molecule has 5 atom stereocenters. The van der Waals surface area contributed by atoms with Gasteiger partial charge >= 0.3 is 5.97 Å². The summed E-state index contributed by atoms with van der Waals surface area (Å²) in [6.45, 7) is 0.630. The molecule has 1 aromatic rings. The van der Waals surface area contributed by atoms with Crippen LogP contribution in [0.2, 0.25) is 0 Å². The third-order valence-electron chi connectivity index (χ3n) is 4.18. The van der Waals surface area contributed by atoms with Gasteiger partial charge in [-0.1, -0.05) is 12.2 Å². The maximum atomic E-state index is 12.2. The van der Waals surface area contributed by atoms with Crippen LogP contribution in [0.5, 0.6) is 0 Å². The van der Waals surface area contributed by atoms with Crippen molar-refractivity contribution in [3.8, 4) is 0 Å². The Morgan fingerprint density at radius 1 is 1.12 bits per heavy atom. The van der Waals surface area contributed by atoms with Crippen LogP contribution in [-0.4, -0.2) is 89.8 Å². The van der Waals surface area contributed by atoms with E-state index in [2.05, 4.69) is 9.97 Å². The number of likely N-dealkylation sites (tertiary alicyclic amines) is 1. The smallest absolute Gasteiger partial charge is 0.335 e.